The molecule has 0 saturated carbocycles. The Morgan fingerprint density at radius 2 is 2.08 bits per heavy atom. The Bertz CT molecular complexity index is 141. The quantitative estimate of drug-likeness (QED) is 0.627. The topological polar surface area (TPSA) is 32.3 Å². The number of nitrogens with one attached hydrogen (secondary N) is 1. The van der Waals surface area contributed by atoms with Gasteiger partial charge in [0.2, 0.25) is 5.91 Å². The lowest BCUT2D eigenvalue weighted by atomic mass is 10.4. The number of carbonyl (C=O) groups excluding carboxylic acids is 1. The molecule has 1 heterocycles. The van der Waals surface area contributed by atoms with Gasteiger partial charge in [0.1, 0.15) is 0 Å². The van der Waals surface area contributed by atoms with Crippen molar-refractivity contribution in [2.24, 2.45) is 0 Å². The van der Waals surface area contributed by atoms with Crippen LogP contribution in [0.1, 0.15) is 26.2 Å². The molecule has 1 fully saturated rings. The molecule has 12 heavy (non-hydrogen) atoms. The number of amides is 1. The van der Waals surface area contributed by atoms with E-state index in [-0.39, 0.29) is 5.91 Å². The summed E-state index contributed by atoms with van der Waals surface area (Å²) < 4.78 is 0. The molecule has 1 aliphatic heterocycles. The zero-order valence-electron chi connectivity index (χ0n) is 7.81. The Balaban J connectivity index is 1.91. The van der Waals surface area contributed by atoms with Crippen molar-refractivity contribution < 1.29 is 4.79 Å². The molecule has 1 aliphatic rings. The summed E-state index contributed by atoms with van der Waals surface area (Å²) in [6.07, 6.45) is 3.78. The van der Waals surface area contributed by atoms with E-state index in [0.717, 1.165) is 19.5 Å². The van der Waals surface area contributed by atoms with Gasteiger partial charge in [-0.1, -0.05) is 0 Å². The summed E-state index contributed by atoms with van der Waals surface area (Å²) in [5.41, 5.74) is 0. The minimum atomic E-state index is 0.0800. The van der Waals surface area contributed by atoms with Crippen LogP contribution in [0.25, 0.3) is 0 Å². The van der Waals surface area contributed by atoms with Crippen LogP contribution in [0.15, 0.2) is 0 Å². The normalized spacial score (nSPS) is 18.1. The monoisotopic (exact) mass is 170 g/mol. The Hall–Kier alpha value is -0.570. The van der Waals surface area contributed by atoms with E-state index in [2.05, 4.69) is 10.2 Å². The molecule has 0 atom stereocenters. The van der Waals surface area contributed by atoms with Gasteiger partial charge in [0.15, 0.2) is 0 Å². The fourth-order valence-electron chi connectivity index (χ4n) is 1.57. The highest BCUT2D eigenvalue weighted by Gasteiger charge is 2.09. The predicted octanol–water partition coefficient (Wildman–Crippen LogP) is 0.608. The zero-order chi connectivity index (χ0) is 8.81. The molecule has 0 aliphatic carbocycles. The van der Waals surface area contributed by atoms with Crippen LogP contribution in [0.3, 0.4) is 0 Å². The van der Waals surface area contributed by atoms with Crippen molar-refractivity contribution in [3.05, 3.63) is 0 Å². The fourth-order valence-corrected chi connectivity index (χ4v) is 1.57. The molecular weight excluding hydrogens is 152 g/mol. The van der Waals surface area contributed by atoms with Crippen molar-refractivity contribution in [2.45, 2.75) is 26.2 Å². The van der Waals surface area contributed by atoms with Gasteiger partial charge in [-0.25, -0.2) is 0 Å². The summed E-state index contributed by atoms with van der Waals surface area (Å²) in [5, 5.41) is 2.80. The molecule has 3 heteroatoms. The Labute approximate surface area is 74.1 Å². The molecule has 0 aromatic rings. The summed E-state index contributed by atoms with van der Waals surface area (Å²) in [4.78, 5) is 13.0. The zero-order valence-corrected chi connectivity index (χ0v) is 7.81. The molecule has 1 N–H and O–H groups in total. The predicted molar refractivity (Wildman–Crippen MR) is 49.0 cm³/mol. The van der Waals surface area contributed by atoms with Gasteiger partial charge in [0.25, 0.3) is 0 Å². The summed E-state index contributed by atoms with van der Waals surface area (Å²) in [6.45, 7) is 6.03. The van der Waals surface area contributed by atoms with E-state index in [1.807, 2.05) is 0 Å². The molecule has 0 bridgehead atoms. The second-order valence-electron chi connectivity index (χ2n) is 3.39. The van der Waals surface area contributed by atoms with Crippen molar-refractivity contribution in [1.29, 1.82) is 0 Å². The van der Waals surface area contributed by atoms with E-state index in [4.69, 9.17) is 0 Å². The molecule has 0 unspecified atom stereocenters. The highest BCUT2D eigenvalue weighted by Crippen LogP contribution is 2.06. The third-order valence-corrected chi connectivity index (χ3v) is 2.22. The van der Waals surface area contributed by atoms with Crippen LogP contribution in [0.5, 0.6) is 0 Å². The fraction of sp³-hybridized carbons (Fsp3) is 0.889. The average Bonchev–Trinajstić information content (AvgIpc) is 2.49. The Morgan fingerprint density at radius 1 is 1.42 bits per heavy atom. The number of carbonyl (C=O) groups is 1. The van der Waals surface area contributed by atoms with Crippen molar-refractivity contribution in [2.75, 3.05) is 26.2 Å². The minimum Gasteiger partial charge on any atom is -0.356 e. The maximum absolute atomic E-state index is 10.5. The summed E-state index contributed by atoms with van der Waals surface area (Å²) >= 11 is 0. The number of nitrogens with zero attached hydrogens (tertiary/aromatic N) is 1. The van der Waals surface area contributed by atoms with E-state index in [0.29, 0.717) is 0 Å². The van der Waals surface area contributed by atoms with Crippen LogP contribution >= 0.6 is 0 Å². The number of hydrogen-bond donors (Lipinski definition) is 1. The van der Waals surface area contributed by atoms with Gasteiger partial charge in [-0.2, -0.15) is 0 Å². The van der Waals surface area contributed by atoms with E-state index >= 15 is 0 Å². The van der Waals surface area contributed by atoms with Gasteiger partial charge in [-0.05, 0) is 38.9 Å². The molecule has 0 aromatic heterocycles. The van der Waals surface area contributed by atoms with Crippen LogP contribution < -0.4 is 5.32 Å². The molecule has 1 saturated heterocycles. The lowest BCUT2D eigenvalue weighted by molar-refractivity contribution is -0.118. The lowest BCUT2D eigenvalue weighted by Crippen LogP contribution is -2.26. The molecule has 0 aromatic carbocycles. The van der Waals surface area contributed by atoms with Gasteiger partial charge in [0, 0.05) is 13.5 Å². The van der Waals surface area contributed by atoms with Gasteiger partial charge in [-0.3, -0.25) is 4.79 Å². The van der Waals surface area contributed by atoms with Crippen LogP contribution in [-0.4, -0.2) is 37.0 Å². The molecule has 0 spiro atoms. The van der Waals surface area contributed by atoms with Crippen LogP contribution in [0.4, 0.5) is 0 Å². The minimum absolute atomic E-state index is 0.0800. The maximum Gasteiger partial charge on any atom is 0.216 e. The van der Waals surface area contributed by atoms with Crippen molar-refractivity contribution in [1.82, 2.24) is 10.2 Å². The number of hydrogen-bond acceptors (Lipinski definition) is 2. The Kier molecular flexibility index (Phi) is 4.08. The first-order chi connectivity index (χ1) is 5.79. The standard InChI is InChI=1S/C9H18N2O/c1-9(12)10-5-4-8-11-6-2-3-7-11/h2-8H2,1H3,(H,10,12). The number of likely N-dealkylation sites (tertiary alicyclic amines) is 1. The SMILES string of the molecule is CC(=O)NCCCN1CCCC1. The van der Waals surface area contributed by atoms with Crippen LogP contribution in [0, 0.1) is 0 Å². The third-order valence-electron chi connectivity index (χ3n) is 2.22. The van der Waals surface area contributed by atoms with Gasteiger partial charge < -0.3 is 10.2 Å². The highest BCUT2D eigenvalue weighted by molar-refractivity contribution is 5.72. The molecule has 70 valence electrons. The largest absolute Gasteiger partial charge is 0.356 e. The van der Waals surface area contributed by atoms with E-state index in [1.165, 1.54) is 25.9 Å². The molecule has 1 rings (SSSR count). The third kappa shape index (κ3) is 3.72. The molecule has 1 amide bonds. The first kappa shape index (κ1) is 9.52. The van der Waals surface area contributed by atoms with Crippen LogP contribution in [0.2, 0.25) is 0 Å². The van der Waals surface area contributed by atoms with Gasteiger partial charge >= 0.3 is 0 Å². The van der Waals surface area contributed by atoms with Gasteiger partial charge in [0.05, 0.1) is 0 Å². The van der Waals surface area contributed by atoms with Crippen molar-refractivity contribution in [3.63, 3.8) is 0 Å². The molecule has 0 radical (unpaired) electrons. The number of rotatable bonds is 4. The second kappa shape index (κ2) is 5.14. The summed E-state index contributed by atoms with van der Waals surface area (Å²) in [6, 6.07) is 0. The summed E-state index contributed by atoms with van der Waals surface area (Å²) in [5.74, 6) is 0.0800. The first-order valence-electron chi connectivity index (χ1n) is 4.76. The van der Waals surface area contributed by atoms with E-state index in [9.17, 15) is 4.79 Å². The average molecular weight is 170 g/mol. The van der Waals surface area contributed by atoms with E-state index < -0.39 is 0 Å². The molecular formula is C9H18N2O. The van der Waals surface area contributed by atoms with Crippen LogP contribution in [-0.2, 0) is 4.79 Å². The van der Waals surface area contributed by atoms with Gasteiger partial charge in [-0.15, -0.1) is 0 Å². The Morgan fingerprint density at radius 3 is 2.67 bits per heavy atom. The van der Waals surface area contributed by atoms with E-state index in [1.54, 1.807) is 6.92 Å². The smallest absolute Gasteiger partial charge is 0.216 e. The second-order valence-corrected chi connectivity index (χ2v) is 3.39. The van der Waals surface area contributed by atoms with Crippen molar-refractivity contribution in [3.8, 4) is 0 Å². The van der Waals surface area contributed by atoms with Crippen molar-refractivity contribution >= 4 is 5.91 Å². The highest BCUT2D eigenvalue weighted by atomic mass is 16.1. The molecule has 3 nitrogen and oxygen atoms in total. The first-order valence-corrected chi connectivity index (χ1v) is 4.76. The maximum atomic E-state index is 10.5. The summed E-state index contributed by atoms with van der Waals surface area (Å²) in [7, 11) is 0. The lowest BCUT2D eigenvalue weighted by Gasteiger charge is -2.13.